The van der Waals surface area contributed by atoms with Gasteiger partial charge in [-0.1, -0.05) is 20.8 Å². The minimum atomic E-state index is -2.48. The van der Waals surface area contributed by atoms with Crippen LogP contribution in [0.25, 0.3) is 0 Å². The number of rotatable bonds is 4. The molecule has 6 bridgehead atoms. The molecule has 1 aromatic rings. The van der Waals surface area contributed by atoms with Crippen LogP contribution in [0.2, 0.25) is 0 Å². The summed E-state index contributed by atoms with van der Waals surface area (Å²) in [5, 5.41) is 71.8. The van der Waals surface area contributed by atoms with Crippen molar-refractivity contribution in [3.63, 3.8) is 0 Å². The highest BCUT2D eigenvalue weighted by Crippen LogP contribution is 2.89. The Morgan fingerprint density at radius 2 is 1.89 bits per heavy atom. The molecule has 7 N–H and O–H groups in total. The van der Waals surface area contributed by atoms with E-state index in [0.717, 1.165) is 0 Å². The van der Waals surface area contributed by atoms with Gasteiger partial charge in [0.05, 0.1) is 17.4 Å². The van der Waals surface area contributed by atoms with Crippen molar-refractivity contribution in [3.05, 3.63) is 24.0 Å². The topological polar surface area (TPSA) is 190 Å². The first-order valence-corrected chi connectivity index (χ1v) is 12.4. The molecule has 11 unspecified atom stereocenters. The molecule has 0 radical (unpaired) electrons. The van der Waals surface area contributed by atoms with Gasteiger partial charge in [-0.3, -0.25) is 4.79 Å². The third kappa shape index (κ3) is 1.85. The summed E-state index contributed by atoms with van der Waals surface area (Å²) in [5.41, 5.74) is -13.7. The molecule has 4 saturated carbocycles. The zero-order chi connectivity index (χ0) is 26.5. The SMILES string of the molecule is CC1CCC2(O)C3(C(=O)O)CC4(O)OC2(C1O)C1(O)C3C(OC(=O)c2ccc[nH]2)C(O)(C(C)C)C41C. The molecular weight excluding hydrogens is 474 g/mol. The highest BCUT2D eigenvalue weighted by atomic mass is 16.7. The van der Waals surface area contributed by atoms with Gasteiger partial charge in [-0.15, -0.1) is 0 Å². The van der Waals surface area contributed by atoms with Crippen LogP contribution in [-0.2, 0) is 14.3 Å². The Balaban J connectivity index is 1.69. The largest absolute Gasteiger partial charge is 0.481 e. The van der Waals surface area contributed by atoms with E-state index in [-0.39, 0.29) is 18.5 Å². The normalized spacial score (nSPS) is 56.3. The quantitative estimate of drug-likeness (QED) is 0.268. The maximum absolute atomic E-state index is 13.2. The van der Waals surface area contributed by atoms with Gasteiger partial charge >= 0.3 is 11.9 Å². The molecule has 6 fully saturated rings. The van der Waals surface area contributed by atoms with E-state index >= 15 is 0 Å². The first-order chi connectivity index (χ1) is 16.6. The van der Waals surface area contributed by atoms with Crippen molar-refractivity contribution in [1.29, 1.82) is 0 Å². The molecular formula is C25H33NO10. The number of aliphatic hydroxyl groups excluding tert-OH is 1. The molecule has 198 valence electrons. The van der Waals surface area contributed by atoms with Gasteiger partial charge in [0.1, 0.15) is 34.0 Å². The lowest BCUT2D eigenvalue weighted by molar-refractivity contribution is -0.383. The van der Waals surface area contributed by atoms with Crippen LogP contribution in [-0.4, -0.2) is 88.0 Å². The number of esters is 1. The molecule has 4 aliphatic carbocycles. The summed E-state index contributed by atoms with van der Waals surface area (Å²) < 4.78 is 12.0. The van der Waals surface area contributed by atoms with Crippen molar-refractivity contribution in [2.45, 2.75) is 87.4 Å². The van der Waals surface area contributed by atoms with E-state index in [9.17, 15) is 40.2 Å². The number of aliphatic hydroxyl groups is 5. The number of carbonyl (C=O) groups excluding carboxylic acids is 1. The number of aromatic amines is 1. The van der Waals surface area contributed by atoms with Crippen molar-refractivity contribution in [1.82, 2.24) is 4.98 Å². The smallest absolute Gasteiger partial charge is 0.355 e. The van der Waals surface area contributed by atoms with Crippen molar-refractivity contribution >= 4 is 11.9 Å². The van der Waals surface area contributed by atoms with Crippen LogP contribution < -0.4 is 0 Å². The predicted octanol–water partition coefficient (Wildman–Crippen LogP) is -0.238. The molecule has 7 rings (SSSR count). The van der Waals surface area contributed by atoms with E-state index < -0.39 is 87.3 Å². The van der Waals surface area contributed by atoms with Crippen LogP contribution in [0.15, 0.2) is 18.3 Å². The average molecular weight is 508 g/mol. The number of aliphatic carboxylic acids is 1. The molecule has 0 amide bonds. The van der Waals surface area contributed by atoms with Crippen molar-refractivity contribution in [2.75, 3.05) is 0 Å². The number of aromatic nitrogens is 1. The summed E-state index contributed by atoms with van der Waals surface area (Å²) in [6.07, 6.45) is -2.31. The minimum absolute atomic E-state index is 0.0412. The Morgan fingerprint density at radius 1 is 1.22 bits per heavy atom. The summed E-state index contributed by atoms with van der Waals surface area (Å²) in [6.45, 7) is 6.28. The van der Waals surface area contributed by atoms with Gasteiger partial charge in [-0.05, 0) is 43.7 Å². The maximum atomic E-state index is 13.2. The molecule has 1 aromatic heterocycles. The summed E-state index contributed by atoms with van der Waals surface area (Å²) in [5.74, 6) is -7.81. The second-order valence-corrected chi connectivity index (χ2v) is 12.2. The Kier molecular flexibility index (Phi) is 4.28. The lowest BCUT2D eigenvalue weighted by atomic mass is 9.53. The van der Waals surface area contributed by atoms with Crippen LogP contribution in [0.5, 0.6) is 0 Å². The van der Waals surface area contributed by atoms with Gasteiger partial charge in [0, 0.05) is 12.6 Å². The molecule has 2 saturated heterocycles. The number of carbonyl (C=O) groups is 2. The number of nitrogens with one attached hydrogen (secondary N) is 1. The zero-order valence-electron chi connectivity index (χ0n) is 20.6. The van der Waals surface area contributed by atoms with Gasteiger partial charge in [0.2, 0.25) is 0 Å². The van der Waals surface area contributed by atoms with E-state index in [0.29, 0.717) is 0 Å². The van der Waals surface area contributed by atoms with Gasteiger partial charge in [0.25, 0.3) is 0 Å². The van der Waals surface area contributed by atoms with Crippen LogP contribution in [0.1, 0.15) is 57.4 Å². The number of carboxylic acids is 1. The Hall–Kier alpha value is -2.02. The Labute approximate surface area is 207 Å². The van der Waals surface area contributed by atoms with Gasteiger partial charge < -0.3 is 45.1 Å². The first kappa shape index (κ1) is 24.3. The number of carboxylic acid groups (broad SMARTS) is 1. The predicted molar refractivity (Wildman–Crippen MR) is 119 cm³/mol. The average Bonchev–Trinajstić information content (AvgIpc) is 3.43. The van der Waals surface area contributed by atoms with E-state index in [2.05, 4.69) is 4.98 Å². The molecule has 6 aliphatic rings. The fourth-order valence-corrected chi connectivity index (χ4v) is 9.50. The second kappa shape index (κ2) is 6.33. The molecule has 2 aliphatic heterocycles. The van der Waals surface area contributed by atoms with Crippen molar-refractivity contribution in [2.24, 2.45) is 28.6 Å². The number of hydrogen-bond acceptors (Lipinski definition) is 9. The third-order valence-corrected chi connectivity index (χ3v) is 11.1. The molecule has 1 spiro atoms. The Bertz CT molecular complexity index is 1170. The van der Waals surface area contributed by atoms with E-state index in [4.69, 9.17) is 9.47 Å². The van der Waals surface area contributed by atoms with Gasteiger partial charge in [-0.25, -0.2) is 4.79 Å². The summed E-state index contributed by atoms with van der Waals surface area (Å²) in [4.78, 5) is 29.1. The molecule has 11 nitrogen and oxygen atoms in total. The van der Waals surface area contributed by atoms with Crippen molar-refractivity contribution in [3.8, 4) is 0 Å². The molecule has 36 heavy (non-hydrogen) atoms. The van der Waals surface area contributed by atoms with Gasteiger partial charge in [0.15, 0.2) is 11.4 Å². The van der Waals surface area contributed by atoms with Crippen LogP contribution in [0, 0.1) is 28.6 Å². The fraction of sp³-hybridized carbons (Fsp3) is 0.760. The molecule has 11 heteroatoms. The highest BCUT2D eigenvalue weighted by Gasteiger charge is 3.07. The monoisotopic (exact) mass is 507 g/mol. The zero-order valence-corrected chi connectivity index (χ0v) is 20.6. The van der Waals surface area contributed by atoms with E-state index in [1.165, 1.54) is 19.2 Å². The highest BCUT2D eigenvalue weighted by molar-refractivity contribution is 5.88. The van der Waals surface area contributed by atoms with Crippen molar-refractivity contribution < 1.29 is 49.7 Å². The summed E-state index contributed by atoms with van der Waals surface area (Å²) in [6, 6.07) is 3.01. The van der Waals surface area contributed by atoms with Crippen LogP contribution in [0.4, 0.5) is 0 Å². The first-order valence-electron chi connectivity index (χ1n) is 12.4. The standard InChI is InChI=1S/C25H33NO10/c1-11(2)23(33)16(35-17(28)13-6-5-9-26-13)14-20(18(29)30)10-22(32)19(23,4)24(14,34)25(36-22)15(27)12(3)7-8-21(20,25)31/h5-6,9,11-12,14-16,26-27,31-34H,7-8,10H2,1-4H3,(H,29,30). The minimum Gasteiger partial charge on any atom is -0.481 e. The van der Waals surface area contributed by atoms with Crippen LogP contribution in [0.3, 0.4) is 0 Å². The molecule has 0 aromatic carbocycles. The summed E-state index contributed by atoms with van der Waals surface area (Å²) >= 11 is 0. The molecule has 11 atom stereocenters. The maximum Gasteiger partial charge on any atom is 0.355 e. The Morgan fingerprint density at radius 3 is 2.44 bits per heavy atom. The van der Waals surface area contributed by atoms with E-state index in [1.54, 1.807) is 26.8 Å². The molecule has 3 heterocycles. The van der Waals surface area contributed by atoms with E-state index in [1.807, 2.05) is 0 Å². The third-order valence-electron chi connectivity index (χ3n) is 11.1. The number of ether oxygens (including phenoxy) is 2. The lowest BCUT2D eigenvalue weighted by Crippen LogP contribution is -2.76. The fourth-order valence-electron chi connectivity index (χ4n) is 9.50. The number of hydrogen-bond donors (Lipinski definition) is 7. The van der Waals surface area contributed by atoms with Crippen LogP contribution >= 0.6 is 0 Å². The number of H-pyrrole nitrogens is 1. The second-order valence-electron chi connectivity index (χ2n) is 12.2. The van der Waals surface area contributed by atoms with Gasteiger partial charge in [-0.2, -0.15) is 0 Å². The lowest BCUT2D eigenvalue weighted by Gasteiger charge is -2.59. The summed E-state index contributed by atoms with van der Waals surface area (Å²) in [7, 11) is 0.